The highest BCUT2D eigenvalue weighted by Crippen LogP contribution is 2.20. The number of anilines is 1. The van der Waals surface area contributed by atoms with Crippen molar-refractivity contribution in [1.82, 2.24) is 9.71 Å². The van der Waals surface area contributed by atoms with Crippen LogP contribution in [0.1, 0.15) is 13.8 Å². The van der Waals surface area contributed by atoms with Crippen molar-refractivity contribution >= 4 is 37.3 Å². The highest BCUT2D eigenvalue weighted by atomic mass is 35.5. The fourth-order valence-corrected chi connectivity index (χ4v) is 2.90. The second-order valence-electron chi connectivity index (χ2n) is 4.89. The first kappa shape index (κ1) is 17.2. The van der Waals surface area contributed by atoms with E-state index in [9.17, 15) is 16.8 Å². The van der Waals surface area contributed by atoms with Crippen LogP contribution in [-0.2, 0) is 19.9 Å². The molecule has 0 fully saturated rings. The second kappa shape index (κ2) is 5.47. The number of nitrogens with two attached hydrogens (primary N) is 1. The number of halogens is 1. The first-order valence-electron chi connectivity index (χ1n) is 5.47. The summed E-state index contributed by atoms with van der Waals surface area (Å²) in [6.07, 6.45) is 2.10. The summed E-state index contributed by atoms with van der Waals surface area (Å²) < 4.78 is 48.1. The zero-order chi connectivity index (χ0) is 15.8. The van der Waals surface area contributed by atoms with E-state index < -0.39 is 24.6 Å². The molecular formula is C10H16ClN3O4S2. The monoisotopic (exact) mass is 341 g/mol. The van der Waals surface area contributed by atoms with E-state index in [2.05, 4.69) is 9.71 Å². The van der Waals surface area contributed by atoms with Crippen molar-refractivity contribution < 1.29 is 16.8 Å². The number of nitrogens with zero attached hydrogens (tertiary/aromatic N) is 1. The van der Waals surface area contributed by atoms with Crippen LogP contribution in [0, 0.1) is 0 Å². The molecule has 1 aromatic rings. The van der Waals surface area contributed by atoms with Crippen molar-refractivity contribution in [3.63, 3.8) is 0 Å². The molecule has 1 aromatic heterocycles. The lowest BCUT2D eigenvalue weighted by molar-refractivity contribution is 0.537. The number of pyridine rings is 1. The molecule has 0 aliphatic rings. The van der Waals surface area contributed by atoms with Crippen LogP contribution >= 0.6 is 11.6 Å². The molecule has 0 aliphatic carbocycles. The Bertz CT molecular complexity index is 714. The molecule has 0 spiro atoms. The number of aromatic nitrogens is 1. The smallest absolute Gasteiger partial charge is 0.242 e. The van der Waals surface area contributed by atoms with Gasteiger partial charge in [0.25, 0.3) is 0 Å². The van der Waals surface area contributed by atoms with Gasteiger partial charge in [0.1, 0.15) is 10.7 Å². The van der Waals surface area contributed by atoms with Crippen LogP contribution in [0.5, 0.6) is 0 Å². The molecule has 0 aromatic carbocycles. The predicted molar refractivity (Wildman–Crippen MR) is 77.8 cm³/mol. The molecular weight excluding hydrogens is 326 g/mol. The molecule has 0 atom stereocenters. The van der Waals surface area contributed by atoms with Crippen molar-refractivity contribution in [3.05, 3.63) is 17.3 Å². The number of nitrogen functional groups attached to an aromatic ring is 1. The fourth-order valence-electron chi connectivity index (χ4n) is 1.06. The second-order valence-corrected chi connectivity index (χ2v) is 9.72. The van der Waals surface area contributed by atoms with Gasteiger partial charge in [0.15, 0.2) is 9.84 Å². The minimum Gasteiger partial charge on any atom is -0.382 e. The van der Waals surface area contributed by atoms with Crippen LogP contribution in [0.2, 0.25) is 5.02 Å². The molecule has 7 nitrogen and oxygen atoms in total. The van der Waals surface area contributed by atoms with Crippen LogP contribution in [0.3, 0.4) is 0 Å². The van der Waals surface area contributed by atoms with Crippen molar-refractivity contribution in [2.24, 2.45) is 0 Å². The maximum atomic E-state index is 12.0. The Morgan fingerprint density at radius 3 is 2.35 bits per heavy atom. The standard InChI is InChI=1S/C10H16ClN3O4S2/c1-10(2,19(3,15)16)6-14-20(17,18)7-4-8(11)9(12)13-5-7/h4-5,14H,6H2,1-3H3,(H2,12,13). The van der Waals surface area contributed by atoms with E-state index in [-0.39, 0.29) is 22.3 Å². The molecule has 1 rings (SSSR count). The number of sulfonamides is 1. The SMILES string of the molecule is CC(C)(CNS(=O)(=O)c1cnc(N)c(Cl)c1)S(C)(=O)=O. The Labute approximate surface area is 123 Å². The zero-order valence-corrected chi connectivity index (χ0v) is 13.6. The Morgan fingerprint density at radius 2 is 1.90 bits per heavy atom. The summed E-state index contributed by atoms with van der Waals surface area (Å²) in [6.45, 7) is 2.59. The summed E-state index contributed by atoms with van der Waals surface area (Å²) in [6, 6.07) is 1.15. The van der Waals surface area contributed by atoms with E-state index in [4.69, 9.17) is 17.3 Å². The molecule has 0 unspecified atom stereocenters. The number of hydrogen-bond donors (Lipinski definition) is 2. The van der Waals surface area contributed by atoms with Gasteiger partial charge in [0.2, 0.25) is 10.0 Å². The van der Waals surface area contributed by atoms with Crippen LogP contribution in [0.15, 0.2) is 17.2 Å². The van der Waals surface area contributed by atoms with Crippen LogP contribution in [-0.4, -0.2) is 39.4 Å². The van der Waals surface area contributed by atoms with Gasteiger partial charge in [-0.15, -0.1) is 0 Å². The highest BCUT2D eigenvalue weighted by molar-refractivity contribution is 7.92. The van der Waals surface area contributed by atoms with Crippen LogP contribution in [0.25, 0.3) is 0 Å². The third kappa shape index (κ3) is 3.81. The summed E-state index contributed by atoms with van der Waals surface area (Å²) in [5.41, 5.74) is 5.39. The first-order valence-corrected chi connectivity index (χ1v) is 9.22. The highest BCUT2D eigenvalue weighted by Gasteiger charge is 2.32. The molecule has 10 heteroatoms. The number of sulfone groups is 1. The number of hydrogen-bond acceptors (Lipinski definition) is 6. The van der Waals surface area contributed by atoms with E-state index >= 15 is 0 Å². The normalized spacial score (nSPS) is 13.4. The third-order valence-electron chi connectivity index (χ3n) is 2.85. The maximum absolute atomic E-state index is 12.0. The topological polar surface area (TPSA) is 119 Å². The lowest BCUT2D eigenvalue weighted by Crippen LogP contribution is -2.43. The molecule has 0 aliphatic heterocycles. The lowest BCUT2D eigenvalue weighted by atomic mass is 10.2. The van der Waals surface area contributed by atoms with Gasteiger partial charge >= 0.3 is 0 Å². The lowest BCUT2D eigenvalue weighted by Gasteiger charge is -2.22. The predicted octanol–water partition coefficient (Wildman–Crippen LogP) is 0.419. The molecule has 0 saturated heterocycles. The van der Waals surface area contributed by atoms with E-state index in [0.29, 0.717) is 0 Å². The zero-order valence-electron chi connectivity index (χ0n) is 11.2. The van der Waals surface area contributed by atoms with Gasteiger partial charge in [-0.1, -0.05) is 11.6 Å². The summed E-state index contributed by atoms with van der Waals surface area (Å²) >= 11 is 5.71. The van der Waals surface area contributed by atoms with E-state index in [1.807, 2.05) is 0 Å². The number of rotatable bonds is 5. The summed E-state index contributed by atoms with van der Waals surface area (Å²) in [7, 11) is -7.32. The average Bonchev–Trinajstić information content (AvgIpc) is 2.29. The van der Waals surface area contributed by atoms with Crippen molar-refractivity contribution in [3.8, 4) is 0 Å². The first-order chi connectivity index (χ1) is 8.87. The van der Waals surface area contributed by atoms with Crippen LogP contribution < -0.4 is 10.5 Å². The molecule has 3 N–H and O–H groups in total. The Hall–Kier alpha value is -0.900. The minimum absolute atomic E-state index is 0.00949. The molecule has 0 saturated carbocycles. The Morgan fingerprint density at radius 1 is 1.35 bits per heavy atom. The average molecular weight is 342 g/mol. The number of nitrogens with one attached hydrogen (secondary N) is 1. The van der Waals surface area contributed by atoms with Gasteiger partial charge < -0.3 is 5.73 Å². The van der Waals surface area contributed by atoms with Gasteiger partial charge in [-0.3, -0.25) is 0 Å². The van der Waals surface area contributed by atoms with Gasteiger partial charge in [-0.05, 0) is 19.9 Å². The van der Waals surface area contributed by atoms with Gasteiger partial charge in [0, 0.05) is 19.0 Å². The molecule has 0 bridgehead atoms. The molecule has 0 radical (unpaired) electrons. The van der Waals surface area contributed by atoms with Crippen LogP contribution in [0.4, 0.5) is 5.82 Å². The Kier molecular flexibility index (Phi) is 4.69. The summed E-state index contributed by atoms with van der Waals surface area (Å²) in [4.78, 5) is 3.47. The van der Waals surface area contributed by atoms with Gasteiger partial charge in [-0.2, -0.15) is 0 Å². The fraction of sp³-hybridized carbons (Fsp3) is 0.500. The Balaban J connectivity index is 3.00. The van der Waals surface area contributed by atoms with Crippen molar-refractivity contribution in [2.75, 3.05) is 18.5 Å². The van der Waals surface area contributed by atoms with Crippen molar-refractivity contribution in [2.45, 2.75) is 23.5 Å². The molecule has 20 heavy (non-hydrogen) atoms. The molecule has 0 amide bonds. The largest absolute Gasteiger partial charge is 0.382 e. The van der Waals surface area contributed by atoms with Crippen molar-refractivity contribution in [1.29, 1.82) is 0 Å². The quantitative estimate of drug-likeness (QED) is 0.801. The molecule has 114 valence electrons. The van der Waals surface area contributed by atoms with E-state index in [0.717, 1.165) is 18.5 Å². The van der Waals surface area contributed by atoms with E-state index in [1.54, 1.807) is 0 Å². The third-order valence-corrected chi connectivity index (χ3v) is 6.67. The minimum atomic E-state index is -3.91. The van der Waals surface area contributed by atoms with Gasteiger partial charge in [-0.25, -0.2) is 26.5 Å². The van der Waals surface area contributed by atoms with Gasteiger partial charge in [0.05, 0.1) is 9.77 Å². The van der Waals surface area contributed by atoms with E-state index in [1.165, 1.54) is 13.8 Å². The maximum Gasteiger partial charge on any atom is 0.242 e. The summed E-state index contributed by atoms with van der Waals surface area (Å²) in [5, 5.41) is 0.00949. The molecule has 1 heterocycles. The summed E-state index contributed by atoms with van der Waals surface area (Å²) in [5.74, 6) is 0.0158.